The number of hydrogen-bond acceptors (Lipinski definition) is 4. The topological polar surface area (TPSA) is 77.0 Å². The number of nitrogens with one attached hydrogen (secondary N) is 2. The Bertz CT molecular complexity index is 752. The molecule has 0 bridgehead atoms. The van der Waals surface area contributed by atoms with Crippen LogP contribution in [-0.2, 0) is 22.6 Å². The maximum atomic E-state index is 12.7. The van der Waals surface area contributed by atoms with Gasteiger partial charge in [0, 0.05) is 58.6 Å². The van der Waals surface area contributed by atoms with Gasteiger partial charge in [0.1, 0.15) is 0 Å². The van der Waals surface area contributed by atoms with Crippen molar-refractivity contribution >= 4 is 29.1 Å². The van der Waals surface area contributed by atoms with Crippen molar-refractivity contribution in [2.45, 2.75) is 45.1 Å². The fourth-order valence-electron chi connectivity index (χ4n) is 4.37. The van der Waals surface area contributed by atoms with Gasteiger partial charge in [0.05, 0.1) is 5.41 Å². The predicted octanol–water partition coefficient (Wildman–Crippen LogP) is 1.84. The lowest BCUT2D eigenvalue weighted by atomic mass is 9.84. The fraction of sp³-hybridized carbons (Fsp3) is 0.667. The molecular formula is C21H33N5O2S. The Labute approximate surface area is 177 Å². The van der Waals surface area contributed by atoms with Gasteiger partial charge >= 0.3 is 0 Å². The Morgan fingerprint density at radius 1 is 1.28 bits per heavy atom. The van der Waals surface area contributed by atoms with Crippen LogP contribution in [0.2, 0.25) is 0 Å². The monoisotopic (exact) mass is 419 g/mol. The lowest BCUT2D eigenvalue weighted by Gasteiger charge is -2.31. The van der Waals surface area contributed by atoms with Gasteiger partial charge in [0.25, 0.3) is 0 Å². The number of hydrogen-bond donors (Lipinski definition) is 2. The molecule has 1 aliphatic heterocycles. The largest absolute Gasteiger partial charge is 0.356 e. The number of guanidine groups is 1. The number of thiophene rings is 1. The molecule has 1 fully saturated rings. The van der Waals surface area contributed by atoms with Crippen molar-refractivity contribution in [1.82, 2.24) is 20.4 Å². The van der Waals surface area contributed by atoms with Crippen LogP contribution in [0.1, 0.15) is 42.5 Å². The van der Waals surface area contributed by atoms with E-state index in [-0.39, 0.29) is 17.2 Å². The highest BCUT2D eigenvalue weighted by Gasteiger charge is 2.42. The first-order valence-corrected chi connectivity index (χ1v) is 11.3. The Morgan fingerprint density at radius 2 is 2.03 bits per heavy atom. The predicted molar refractivity (Wildman–Crippen MR) is 117 cm³/mol. The van der Waals surface area contributed by atoms with Gasteiger partial charge in [-0.15, -0.1) is 11.3 Å². The Hall–Kier alpha value is -2.09. The second kappa shape index (κ2) is 9.61. The van der Waals surface area contributed by atoms with Gasteiger partial charge in [-0.05, 0) is 36.3 Å². The number of carbonyl (C=O) groups excluding carboxylic acids is 2. The highest BCUT2D eigenvalue weighted by atomic mass is 32.1. The van der Waals surface area contributed by atoms with Gasteiger partial charge < -0.3 is 20.4 Å². The quantitative estimate of drug-likeness (QED) is 0.545. The second-order valence-corrected chi connectivity index (χ2v) is 9.22. The molecule has 0 radical (unpaired) electrons. The standard InChI is InChI=1S/C21H33N5O2S/c1-22-20(24-15-21(9-4-5-10-21)19(28)25(2)3)23-11-6-18(27)26-12-7-17-16(14-26)8-13-29-17/h8,13H,4-7,9-12,14-15H2,1-3H3,(H2,22,23,24). The van der Waals surface area contributed by atoms with E-state index in [1.165, 1.54) is 10.4 Å². The molecule has 0 unspecified atom stereocenters. The minimum absolute atomic E-state index is 0.167. The average molecular weight is 420 g/mol. The summed E-state index contributed by atoms with van der Waals surface area (Å²) in [6.07, 6.45) is 5.38. The number of fused-ring (bicyclic) bond motifs is 1. The molecule has 3 rings (SSSR count). The molecule has 29 heavy (non-hydrogen) atoms. The van der Waals surface area contributed by atoms with Crippen LogP contribution in [-0.4, -0.2) is 68.4 Å². The van der Waals surface area contributed by atoms with E-state index in [4.69, 9.17) is 0 Å². The molecule has 0 aromatic carbocycles. The third-order valence-corrected chi connectivity index (χ3v) is 7.05. The van der Waals surface area contributed by atoms with Crippen LogP contribution in [0.25, 0.3) is 0 Å². The van der Waals surface area contributed by atoms with E-state index in [0.717, 1.165) is 45.2 Å². The summed E-state index contributed by atoms with van der Waals surface area (Å²) < 4.78 is 0. The minimum atomic E-state index is -0.344. The summed E-state index contributed by atoms with van der Waals surface area (Å²) in [6, 6.07) is 2.12. The van der Waals surface area contributed by atoms with Crippen LogP contribution in [0.4, 0.5) is 0 Å². The fourth-order valence-corrected chi connectivity index (χ4v) is 5.26. The lowest BCUT2D eigenvalue weighted by molar-refractivity contribution is -0.138. The lowest BCUT2D eigenvalue weighted by Crippen LogP contribution is -2.49. The first-order chi connectivity index (χ1) is 13.9. The van der Waals surface area contributed by atoms with E-state index in [0.29, 0.717) is 25.5 Å². The molecule has 0 atom stereocenters. The molecule has 160 valence electrons. The third kappa shape index (κ3) is 5.10. The van der Waals surface area contributed by atoms with Gasteiger partial charge in [-0.25, -0.2) is 0 Å². The molecular weight excluding hydrogens is 386 g/mol. The highest BCUT2D eigenvalue weighted by molar-refractivity contribution is 7.10. The van der Waals surface area contributed by atoms with Crippen LogP contribution >= 0.6 is 11.3 Å². The number of nitrogens with zero attached hydrogens (tertiary/aromatic N) is 3. The molecule has 1 aliphatic carbocycles. The zero-order valence-corrected chi connectivity index (χ0v) is 18.6. The summed E-state index contributed by atoms with van der Waals surface area (Å²) in [7, 11) is 5.36. The van der Waals surface area contributed by atoms with Gasteiger partial charge in [0.15, 0.2) is 5.96 Å². The number of carbonyl (C=O) groups is 2. The molecule has 1 saturated carbocycles. The Balaban J connectivity index is 1.45. The van der Waals surface area contributed by atoms with Crippen molar-refractivity contribution in [3.8, 4) is 0 Å². The second-order valence-electron chi connectivity index (χ2n) is 8.22. The molecule has 2 amide bonds. The van der Waals surface area contributed by atoms with Crippen molar-refractivity contribution in [3.05, 3.63) is 21.9 Å². The molecule has 2 N–H and O–H groups in total. The van der Waals surface area contributed by atoms with Gasteiger partial charge in [-0.2, -0.15) is 0 Å². The molecule has 1 aromatic heterocycles. The highest BCUT2D eigenvalue weighted by Crippen LogP contribution is 2.38. The van der Waals surface area contributed by atoms with Crippen molar-refractivity contribution in [3.63, 3.8) is 0 Å². The van der Waals surface area contributed by atoms with Crippen LogP contribution in [0.15, 0.2) is 16.4 Å². The zero-order valence-electron chi connectivity index (χ0n) is 17.8. The molecule has 2 aliphatic rings. The first kappa shape index (κ1) is 21.6. The smallest absolute Gasteiger partial charge is 0.230 e. The summed E-state index contributed by atoms with van der Waals surface area (Å²) in [5.41, 5.74) is 0.940. The van der Waals surface area contributed by atoms with Gasteiger partial charge in [0.2, 0.25) is 11.8 Å². The van der Waals surface area contributed by atoms with E-state index in [1.807, 2.05) is 19.0 Å². The molecule has 0 saturated heterocycles. The van der Waals surface area contributed by atoms with Crippen LogP contribution in [0.3, 0.4) is 0 Å². The van der Waals surface area contributed by atoms with E-state index < -0.39 is 0 Å². The van der Waals surface area contributed by atoms with Crippen LogP contribution in [0, 0.1) is 5.41 Å². The number of rotatable bonds is 6. The summed E-state index contributed by atoms with van der Waals surface area (Å²) in [6.45, 7) is 2.62. The van der Waals surface area contributed by atoms with E-state index >= 15 is 0 Å². The van der Waals surface area contributed by atoms with Crippen molar-refractivity contribution in [1.29, 1.82) is 0 Å². The SMILES string of the molecule is CN=C(NCCC(=O)N1CCc2sccc2C1)NCC1(C(=O)N(C)C)CCCC1. The third-order valence-electron chi connectivity index (χ3n) is 6.03. The first-order valence-electron chi connectivity index (χ1n) is 10.4. The van der Waals surface area contributed by atoms with E-state index in [1.54, 1.807) is 23.3 Å². The van der Waals surface area contributed by atoms with E-state index in [2.05, 4.69) is 27.1 Å². The normalized spacial score (nSPS) is 18.3. The maximum Gasteiger partial charge on any atom is 0.230 e. The van der Waals surface area contributed by atoms with Crippen molar-refractivity contribution < 1.29 is 9.59 Å². The van der Waals surface area contributed by atoms with Crippen LogP contribution < -0.4 is 10.6 Å². The Kier molecular flexibility index (Phi) is 7.16. The molecule has 1 aromatic rings. The minimum Gasteiger partial charge on any atom is -0.356 e. The summed E-state index contributed by atoms with van der Waals surface area (Å²) in [5.74, 6) is 1.00. The van der Waals surface area contributed by atoms with E-state index in [9.17, 15) is 9.59 Å². The summed E-state index contributed by atoms with van der Waals surface area (Å²) in [5, 5.41) is 8.66. The maximum absolute atomic E-state index is 12.7. The average Bonchev–Trinajstić information content (AvgIpc) is 3.39. The molecule has 7 nitrogen and oxygen atoms in total. The Morgan fingerprint density at radius 3 is 2.72 bits per heavy atom. The van der Waals surface area contributed by atoms with Crippen molar-refractivity contribution in [2.24, 2.45) is 10.4 Å². The number of aliphatic imine (C=N–C) groups is 1. The van der Waals surface area contributed by atoms with Gasteiger partial charge in [-0.1, -0.05) is 12.8 Å². The van der Waals surface area contributed by atoms with Gasteiger partial charge in [-0.3, -0.25) is 14.6 Å². The molecule has 0 spiro atoms. The van der Waals surface area contributed by atoms with Crippen LogP contribution in [0.5, 0.6) is 0 Å². The molecule has 2 heterocycles. The number of amides is 2. The molecule has 8 heteroatoms. The summed E-state index contributed by atoms with van der Waals surface area (Å²) >= 11 is 1.78. The zero-order chi connectivity index (χ0) is 20.9. The van der Waals surface area contributed by atoms with Crippen molar-refractivity contribution in [2.75, 3.05) is 40.8 Å². The summed E-state index contributed by atoms with van der Waals surface area (Å²) in [4.78, 5) is 34.6.